The monoisotopic (exact) mass is 462 g/mol. The summed E-state index contributed by atoms with van der Waals surface area (Å²) in [6.45, 7) is 6.68. The molecule has 0 nitrogen and oxygen atoms in total. The summed E-state index contributed by atoms with van der Waals surface area (Å²) in [7, 11) is 0. The van der Waals surface area contributed by atoms with E-state index in [9.17, 15) is 0 Å². The average Bonchev–Trinajstić information content (AvgIpc) is 3.13. The number of rotatable bonds is 0. The van der Waals surface area contributed by atoms with Crippen LogP contribution in [-0.4, -0.2) is 5.43 Å². The Morgan fingerprint density at radius 3 is 1.68 bits per heavy atom. The van der Waals surface area contributed by atoms with Crippen molar-refractivity contribution in [2.75, 3.05) is 0 Å². The summed E-state index contributed by atoms with van der Waals surface area (Å²) in [5, 5.41) is 5.39. The Morgan fingerprint density at radius 2 is 1.36 bits per heavy atom. The van der Waals surface area contributed by atoms with Crippen LogP contribution in [0.2, 0.25) is 13.1 Å². The number of benzene rings is 2. The summed E-state index contributed by atoms with van der Waals surface area (Å²) >= 11 is 1.74. The molecule has 0 N–H and O–H groups in total. The van der Waals surface area contributed by atoms with Crippen LogP contribution in [0.5, 0.6) is 0 Å². The van der Waals surface area contributed by atoms with Gasteiger partial charge in [0.25, 0.3) is 0 Å². The van der Waals surface area contributed by atoms with Crippen LogP contribution in [0.25, 0.3) is 21.5 Å². The van der Waals surface area contributed by atoms with E-state index in [2.05, 4.69) is 92.8 Å². The minimum Gasteiger partial charge on any atom is -1.00 e. The Morgan fingerprint density at radius 1 is 0.920 bits per heavy atom. The molecule has 1 aliphatic rings. The molecule has 0 heterocycles. The second-order valence-electron chi connectivity index (χ2n) is 5.79. The SMILES string of the molecule is CC1=[C-]CC=C1.C[Si](C)=[Zr+2].[Cl-].[Cl-].c1ccc2c(c1)[cH-]c1ccccc12. The van der Waals surface area contributed by atoms with E-state index in [0.717, 1.165) is 6.42 Å². The Hall–Kier alpha value is -0.530. The minimum atomic E-state index is 0. The second kappa shape index (κ2) is 12.8. The fraction of sp³-hybridized carbons (Fsp3) is 0.190. The largest absolute Gasteiger partial charge is 1.00 e. The zero-order valence-corrected chi connectivity index (χ0v) is 19.8. The van der Waals surface area contributed by atoms with Crippen molar-refractivity contribution >= 4 is 27.0 Å². The molecule has 25 heavy (non-hydrogen) atoms. The van der Waals surface area contributed by atoms with E-state index >= 15 is 0 Å². The summed E-state index contributed by atoms with van der Waals surface area (Å²) in [6, 6.07) is 19.3. The van der Waals surface area contributed by atoms with Crippen molar-refractivity contribution in [1.82, 2.24) is 0 Å². The number of halogens is 2. The molecule has 1 aliphatic carbocycles. The molecule has 0 radical (unpaired) electrons. The van der Waals surface area contributed by atoms with Gasteiger partial charge in [-0.1, -0.05) is 43.3 Å². The van der Waals surface area contributed by atoms with Gasteiger partial charge in [-0.3, -0.25) is 6.08 Å². The van der Waals surface area contributed by atoms with Crippen LogP contribution in [0.15, 0.2) is 72.3 Å². The molecule has 4 rings (SSSR count). The Bertz CT molecular complexity index is 805. The number of fused-ring (bicyclic) bond motifs is 3. The molecule has 4 heteroatoms. The molecule has 0 saturated heterocycles. The quantitative estimate of drug-likeness (QED) is 0.330. The average molecular weight is 465 g/mol. The van der Waals surface area contributed by atoms with Gasteiger partial charge in [-0.25, -0.2) is 11.6 Å². The third kappa shape index (κ3) is 8.13. The van der Waals surface area contributed by atoms with E-state index in [1.807, 2.05) is 0 Å². The topological polar surface area (TPSA) is 0 Å². The van der Waals surface area contributed by atoms with Crippen LogP contribution in [0.1, 0.15) is 13.3 Å². The first kappa shape index (κ1) is 24.5. The molecule has 0 amide bonds. The molecule has 3 aromatic carbocycles. The van der Waals surface area contributed by atoms with Gasteiger partial charge < -0.3 is 24.8 Å². The van der Waals surface area contributed by atoms with Crippen molar-refractivity contribution < 1.29 is 48.1 Å². The van der Waals surface area contributed by atoms with Crippen molar-refractivity contribution in [3.63, 3.8) is 0 Å². The molecule has 0 unspecified atom stereocenters. The van der Waals surface area contributed by atoms with E-state index in [1.165, 1.54) is 27.1 Å². The van der Waals surface area contributed by atoms with Crippen molar-refractivity contribution in [3.8, 4) is 0 Å². The Balaban J connectivity index is 0.000000410. The fourth-order valence-electron chi connectivity index (χ4n) is 2.42. The van der Waals surface area contributed by atoms with Crippen LogP contribution in [0.3, 0.4) is 0 Å². The van der Waals surface area contributed by atoms with E-state index in [-0.39, 0.29) is 30.2 Å². The second-order valence-corrected chi connectivity index (χ2v) is 15.2. The molecule has 0 fully saturated rings. The molecule has 0 bridgehead atoms. The van der Waals surface area contributed by atoms with Gasteiger partial charge in [-0.15, -0.1) is 46.2 Å². The first-order chi connectivity index (χ1) is 11.1. The van der Waals surface area contributed by atoms with Gasteiger partial charge >= 0.3 is 41.9 Å². The van der Waals surface area contributed by atoms with Crippen LogP contribution >= 0.6 is 0 Å². The van der Waals surface area contributed by atoms with Gasteiger partial charge in [-0.05, 0) is 0 Å². The summed E-state index contributed by atoms with van der Waals surface area (Å²) < 4.78 is 0. The molecule has 0 spiro atoms. The van der Waals surface area contributed by atoms with Crippen molar-refractivity contribution in [2.24, 2.45) is 0 Å². The van der Waals surface area contributed by atoms with Crippen molar-refractivity contribution in [2.45, 2.75) is 26.4 Å². The fourth-order valence-corrected chi connectivity index (χ4v) is 2.42. The Labute approximate surface area is 179 Å². The van der Waals surface area contributed by atoms with Crippen LogP contribution in [0.4, 0.5) is 0 Å². The number of hydrogen-bond acceptors (Lipinski definition) is 0. The maximum absolute atomic E-state index is 3.12. The van der Waals surface area contributed by atoms with E-state index < -0.39 is 0 Å². The smallest absolute Gasteiger partial charge is 0.0771 e. The van der Waals surface area contributed by atoms with Gasteiger partial charge in [-0.2, -0.15) is 6.08 Å². The number of hydrogen-bond donors (Lipinski definition) is 0. The molecule has 130 valence electrons. The first-order valence-electron chi connectivity index (χ1n) is 7.87. The minimum absolute atomic E-state index is 0. The summed E-state index contributed by atoms with van der Waals surface area (Å²) in [5.74, 6) is 0. The molecule has 0 atom stereocenters. The summed E-state index contributed by atoms with van der Waals surface area (Å²) in [5.41, 5.74) is 1.48. The maximum atomic E-state index is 3.12. The normalized spacial score (nSPS) is 11.3. The molecule has 3 aromatic rings. The number of allylic oxidation sites excluding steroid dienone is 4. The van der Waals surface area contributed by atoms with Crippen molar-refractivity contribution in [1.29, 1.82) is 0 Å². The molecule has 0 aromatic heterocycles. The standard InChI is InChI=1S/C13H9.C6H7.C2H6Si.2ClH.Zr/c1-3-7-12-10(5-1)9-11-6-2-4-8-13(11)12;1-6-4-2-3-5-6;1-3-2;;;/h1-9H;2,4H,3H2,1H3;1-2H3;2*1H;/q2*-1;;;;+2/p-2. The van der Waals surface area contributed by atoms with E-state index in [0.29, 0.717) is 0 Å². The van der Waals surface area contributed by atoms with Crippen LogP contribution in [0, 0.1) is 6.08 Å². The van der Waals surface area contributed by atoms with E-state index in [4.69, 9.17) is 0 Å². The molecule has 0 aliphatic heterocycles. The van der Waals surface area contributed by atoms with Gasteiger partial charge in [0.2, 0.25) is 0 Å². The summed E-state index contributed by atoms with van der Waals surface area (Å²) in [4.78, 5) is 0. The van der Waals surface area contributed by atoms with Crippen LogP contribution < -0.4 is 24.8 Å². The maximum Gasteiger partial charge on any atom is -0.0771 e. The first-order valence-corrected chi connectivity index (χ1v) is 14.1. The third-order valence-electron chi connectivity index (χ3n) is 3.39. The molecular weight excluding hydrogens is 442 g/mol. The molecule has 0 saturated carbocycles. The van der Waals surface area contributed by atoms with Crippen molar-refractivity contribution in [3.05, 3.63) is 78.4 Å². The van der Waals surface area contributed by atoms with Gasteiger partial charge in [0.1, 0.15) is 0 Å². The van der Waals surface area contributed by atoms with Gasteiger partial charge in [0.15, 0.2) is 0 Å². The predicted molar refractivity (Wildman–Crippen MR) is 101 cm³/mol. The third-order valence-corrected chi connectivity index (χ3v) is 3.39. The summed E-state index contributed by atoms with van der Waals surface area (Å²) in [6.07, 6.45) is 8.33. The van der Waals surface area contributed by atoms with E-state index in [1.54, 1.807) is 23.3 Å². The Kier molecular flexibility index (Phi) is 12.5. The zero-order valence-electron chi connectivity index (χ0n) is 14.8. The van der Waals surface area contributed by atoms with Gasteiger partial charge in [0.05, 0.1) is 0 Å². The molecular formula is C21H22Cl2SiZr-2. The van der Waals surface area contributed by atoms with Crippen LogP contribution in [-0.2, 0) is 23.3 Å². The zero-order chi connectivity index (χ0) is 16.7. The predicted octanol–water partition coefficient (Wildman–Crippen LogP) is 0.200. The van der Waals surface area contributed by atoms with Gasteiger partial charge in [0, 0.05) is 0 Å².